The van der Waals surface area contributed by atoms with Crippen LogP contribution in [0.25, 0.3) is 44.5 Å². The average Bonchev–Trinajstić information content (AvgIpc) is 3.73. The average molecular weight is 677 g/mol. The molecule has 0 aliphatic carbocycles. The van der Waals surface area contributed by atoms with Crippen LogP contribution in [-0.2, 0) is 22.9 Å². The van der Waals surface area contributed by atoms with Crippen LogP contribution < -0.4 is 15.6 Å². The SMILES string of the molecule is CNc1cc(F)c(C#N)c2c3c(N4CC[C@H]5CN(C)C[C@H]54)c(-c4cnc5c(c4)c(=O)c(C(=O)O)cn5C)cn(COP(=O)(O)O)c-3nc12. The third-order valence-electron chi connectivity index (χ3n) is 9.31. The number of likely N-dealkylation sites (tertiary alicyclic amines) is 1. The van der Waals surface area contributed by atoms with E-state index in [0.717, 1.165) is 13.0 Å². The summed E-state index contributed by atoms with van der Waals surface area (Å²) in [4.78, 5) is 58.3. The van der Waals surface area contributed by atoms with Gasteiger partial charge in [0, 0.05) is 80.9 Å². The molecule has 0 radical (unpaired) electrons. The number of carboxylic acid groups (broad SMARTS) is 1. The van der Waals surface area contributed by atoms with Crippen molar-refractivity contribution in [1.82, 2.24) is 24.0 Å². The minimum absolute atomic E-state index is 0.0202. The predicted molar refractivity (Wildman–Crippen MR) is 173 cm³/mol. The fourth-order valence-electron chi connectivity index (χ4n) is 7.28. The number of nitrogens with zero attached hydrogens (tertiary/aromatic N) is 7. The number of halogens is 1. The highest BCUT2D eigenvalue weighted by molar-refractivity contribution is 7.46. The van der Waals surface area contributed by atoms with Gasteiger partial charge in [0.2, 0.25) is 5.43 Å². The van der Waals surface area contributed by atoms with Gasteiger partial charge < -0.3 is 39.1 Å². The number of hydrogen-bond acceptors (Lipinski definition) is 10. The Morgan fingerprint density at radius 3 is 2.71 bits per heavy atom. The highest BCUT2D eigenvalue weighted by Crippen LogP contribution is 2.51. The van der Waals surface area contributed by atoms with Crippen LogP contribution >= 0.6 is 7.82 Å². The van der Waals surface area contributed by atoms with Crippen LogP contribution in [0, 0.1) is 23.1 Å². The van der Waals surface area contributed by atoms with Gasteiger partial charge in [0.15, 0.2) is 0 Å². The number of phosphoric ester groups is 1. The molecule has 4 aliphatic heterocycles. The third kappa shape index (κ3) is 4.99. The van der Waals surface area contributed by atoms with Crippen molar-refractivity contribution in [2.24, 2.45) is 13.0 Å². The highest BCUT2D eigenvalue weighted by atomic mass is 31.2. The molecule has 15 nitrogen and oxygen atoms in total. The predicted octanol–water partition coefficient (Wildman–Crippen LogP) is 3.01. The first-order valence-corrected chi connectivity index (χ1v) is 16.5. The van der Waals surface area contributed by atoms with Gasteiger partial charge in [-0.15, -0.1) is 0 Å². The largest absolute Gasteiger partial charge is 0.477 e. The summed E-state index contributed by atoms with van der Waals surface area (Å²) in [5.41, 5.74) is 1.08. The zero-order valence-electron chi connectivity index (χ0n) is 26.0. The molecule has 2 atom stereocenters. The van der Waals surface area contributed by atoms with Crippen molar-refractivity contribution in [3.05, 3.63) is 57.9 Å². The number of carbonyl (C=O) groups is 1. The van der Waals surface area contributed by atoms with E-state index in [4.69, 9.17) is 9.51 Å². The van der Waals surface area contributed by atoms with E-state index in [1.54, 1.807) is 20.3 Å². The Morgan fingerprint density at radius 2 is 2.02 bits per heavy atom. The first kappa shape index (κ1) is 31.7. The molecule has 2 saturated heterocycles. The maximum Gasteiger partial charge on any atom is 0.471 e. The molecule has 48 heavy (non-hydrogen) atoms. The Morgan fingerprint density at radius 1 is 1.25 bits per heavy atom. The van der Waals surface area contributed by atoms with Gasteiger partial charge in [-0.3, -0.25) is 9.32 Å². The van der Waals surface area contributed by atoms with Crippen LogP contribution in [0.2, 0.25) is 0 Å². The minimum atomic E-state index is -4.98. The van der Waals surface area contributed by atoms with Crippen molar-refractivity contribution in [3.8, 4) is 28.6 Å². The van der Waals surface area contributed by atoms with E-state index in [1.165, 1.54) is 33.7 Å². The number of hydrogen-bond donors (Lipinski definition) is 4. The van der Waals surface area contributed by atoms with Crippen LogP contribution in [0.5, 0.6) is 0 Å². The molecule has 0 bridgehead atoms. The van der Waals surface area contributed by atoms with E-state index < -0.39 is 37.3 Å². The maximum atomic E-state index is 15.6. The molecule has 0 spiro atoms. The summed E-state index contributed by atoms with van der Waals surface area (Å²) in [6.07, 6.45) is 5.13. The molecule has 4 aliphatic rings. The number of fused-ring (bicyclic) bond motifs is 5. The number of likely N-dealkylation sites (N-methyl/N-ethyl adjacent to an activating group) is 1. The van der Waals surface area contributed by atoms with E-state index in [9.17, 15) is 34.3 Å². The van der Waals surface area contributed by atoms with Gasteiger partial charge in [-0.05, 0) is 25.5 Å². The van der Waals surface area contributed by atoms with E-state index in [-0.39, 0.29) is 39.4 Å². The van der Waals surface area contributed by atoms with Crippen molar-refractivity contribution in [2.75, 3.05) is 43.9 Å². The Kier molecular flexibility index (Phi) is 7.50. The van der Waals surface area contributed by atoms with E-state index in [0.29, 0.717) is 47.1 Å². The van der Waals surface area contributed by atoms with Crippen molar-refractivity contribution in [2.45, 2.75) is 19.2 Å². The number of carboxylic acids is 1. The summed E-state index contributed by atoms with van der Waals surface area (Å²) in [7, 11) is 0.201. The number of anilines is 2. The zero-order chi connectivity index (χ0) is 34.2. The zero-order valence-corrected chi connectivity index (χ0v) is 26.9. The van der Waals surface area contributed by atoms with Gasteiger partial charge in [0.05, 0.1) is 33.4 Å². The van der Waals surface area contributed by atoms with E-state index in [1.807, 2.05) is 13.1 Å². The fourth-order valence-corrected chi connectivity index (χ4v) is 7.55. The first-order chi connectivity index (χ1) is 22.8. The molecule has 2 aromatic heterocycles. The van der Waals surface area contributed by atoms with Crippen LogP contribution in [-0.4, -0.2) is 84.6 Å². The van der Waals surface area contributed by atoms with Crippen molar-refractivity contribution >= 4 is 47.1 Å². The molecular weight excluding hydrogens is 646 g/mol. The molecule has 4 N–H and O–H groups in total. The second-order valence-electron chi connectivity index (χ2n) is 12.2. The second-order valence-corrected chi connectivity index (χ2v) is 13.4. The fraction of sp³-hybridized carbons (Fsp3) is 0.323. The summed E-state index contributed by atoms with van der Waals surface area (Å²) in [6.45, 7) is 1.50. The topological polar surface area (TPSA) is 199 Å². The normalized spacial score (nSPS) is 18.2. The lowest BCUT2D eigenvalue weighted by Crippen LogP contribution is -2.35. The Bertz CT molecular complexity index is 2290. The molecule has 7 rings (SSSR count). The number of nitriles is 1. The van der Waals surface area contributed by atoms with Crippen molar-refractivity contribution in [1.29, 1.82) is 5.26 Å². The maximum absolute atomic E-state index is 15.6. The van der Waals surface area contributed by atoms with Crippen LogP contribution in [0.1, 0.15) is 22.3 Å². The van der Waals surface area contributed by atoms with Gasteiger partial charge in [-0.2, -0.15) is 5.26 Å². The number of aromatic nitrogens is 4. The lowest BCUT2D eigenvalue weighted by molar-refractivity contribution is 0.0694. The number of benzene rings is 1. The minimum Gasteiger partial charge on any atom is -0.477 e. The summed E-state index contributed by atoms with van der Waals surface area (Å²) in [5, 5.41) is 23.1. The molecule has 0 saturated carbocycles. The van der Waals surface area contributed by atoms with Gasteiger partial charge in [-0.1, -0.05) is 0 Å². The summed E-state index contributed by atoms with van der Waals surface area (Å²) in [5.74, 6) is -1.69. The molecular formula is C31H30FN8O7P. The standard InChI is InChI=1S/C31H30FN8O7P/c1-34-22-7-21(32)18(8-33)24-25-27(40-5-4-15-10-37(2)13-23(15)40)19(12-39(14-47-48(44,45)46)30(25)36-26(22)24)16-6-17-28(41)20(31(42)43)11-38(3)29(17)35-9-16/h6-7,9,11-12,15,23,34H,4-5,10,13-14H2,1-3H3,(H,42,43)(H2,44,45,46)/t15-,23+/m0/s1. The molecule has 2 fully saturated rings. The number of pyridine rings is 3. The van der Waals surface area contributed by atoms with Crippen molar-refractivity contribution in [3.63, 3.8) is 0 Å². The molecule has 248 valence electrons. The quantitative estimate of drug-likeness (QED) is 0.184. The molecule has 0 unspecified atom stereocenters. The molecule has 0 amide bonds. The van der Waals surface area contributed by atoms with Crippen LogP contribution in [0.4, 0.5) is 15.8 Å². The Hall–Kier alpha value is -4.91. The summed E-state index contributed by atoms with van der Waals surface area (Å²) in [6, 6.07) is 4.70. The molecule has 6 heterocycles. The summed E-state index contributed by atoms with van der Waals surface area (Å²) < 4.78 is 35.2. The van der Waals surface area contributed by atoms with Crippen LogP contribution in [0.3, 0.4) is 0 Å². The second kappa shape index (κ2) is 11.4. The lowest BCUT2D eigenvalue weighted by Gasteiger charge is -2.32. The van der Waals surface area contributed by atoms with Gasteiger partial charge in [-0.25, -0.2) is 23.7 Å². The van der Waals surface area contributed by atoms with Gasteiger partial charge in [0.1, 0.15) is 35.7 Å². The van der Waals surface area contributed by atoms with E-state index in [2.05, 4.69) is 20.1 Å². The third-order valence-corrected chi connectivity index (χ3v) is 9.76. The Balaban J connectivity index is 1.63. The summed E-state index contributed by atoms with van der Waals surface area (Å²) >= 11 is 0. The lowest BCUT2D eigenvalue weighted by atomic mass is 9.95. The van der Waals surface area contributed by atoms with Gasteiger partial charge in [0.25, 0.3) is 0 Å². The van der Waals surface area contributed by atoms with Crippen molar-refractivity contribution < 1.29 is 33.2 Å². The monoisotopic (exact) mass is 676 g/mol. The smallest absolute Gasteiger partial charge is 0.471 e. The first-order valence-electron chi connectivity index (χ1n) is 15.0. The van der Waals surface area contributed by atoms with E-state index >= 15 is 4.39 Å². The number of phosphoric acid groups is 1. The van der Waals surface area contributed by atoms with Gasteiger partial charge >= 0.3 is 13.8 Å². The number of aryl methyl sites for hydroxylation is 1. The Labute approximate surface area is 272 Å². The number of aromatic carboxylic acids is 1. The number of rotatable bonds is 7. The van der Waals surface area contributed by atoms with Crippen LogP contribution in [0.15, 0.2) is 35.5 Å². The highest BCUT2D eigenvalue weighted by Gasteiger charge is 2.43. The molecule has 1 aromatic carbocycles. The molecule has 3 aromatic rings. The molecule has 17 heteroatoms. The number of nitrogens with one attached hydrogen (secondary N) is 1.